The molecule has 1 aliphatic heterocycles. The Morgan fingerprint density at radius 3 is 2.74 bits per heavy atom. The number of nitriles is 1. The van der Waals surface area contributed by atoms with Crippen molar-refractivity contribution in [3.8, 4) is 11.8 Å². The second-order valence-electron chi connectivity index (χ2n) is 5.91. The molecule has 0 bridgehead atoms. The van der Waals surface area contributed by atoms with Gasteiger partial charge in [0.2, 0.25) is 0 Å². The second-order valence-corrected chi connectivity index (χ2v) is 6.92. The van der Waals surface area contributed by atoms with Crippen molar-refractivity contribution < 1.29 is 9.53 Å². The summed E-state index contributed by atoms with van der Waals surface area (Å²) < 4.78 is 5.31. The number of aryl methyl sites for hydroxylation is 1. The number of hydrogen-bond acceptors (Lipinski definition) is 5. The molecule has 1 amide bonds. The molecule has 0 saturated carbocycles. The minimum atomic E-state index is -0.0905. The zero-order valence-electron chi connectivity index (χ0n) is 15.2. The van der Waals surface area contributed by atoms with E-state index < -0.39 is 0 Å². The van der Waals surface area contributed by atoms with Crippen LogP contribution in [0.2, 0.25) is 0 Å². The summed E-state index contributed by atoms with van der Waals surface area (Å²) in [6.45, 7) is 2.10. The third-order valence-electron chi connectivity index (χ3n) is 4.03. The molecule has 0 N–H and O–H groups in total. The number of ether oxygens (including phenoxy) is 1. The van der Waals surface area contributed by atoms with E-state index in [2.05, 4.69) is 11.9 Å². The Bertz CT molecular complexity index is 943. The summed E-state index contributed by atoms with van der Waals surface area (Å²) in [6, 6.07) is 17.3. The Kier molecular flexibility index (Phi) is 5.94. The highest BCUT2D eigenvalue weighted by atomic mass is 32.2. The van der Waals surface area contributed by atoms with E-state index >= 15 is 0 Å². The molecule has 0 radical (unpaired) electrons. The van der Waals surface area contributed by atoms with E-state index in [9.17, 15) is 4.79 Å². The van der Waals surface area contributed by atoms with Crippen LogP contribution in [0, 0.1) is 11.3 Å². The van der Waals surface area contributed by atoms with Gasteiger partial charge in [0.15, 0.2) is 11.8 Å². The third-order valence-corrected chi connectivity index (χ3v) is 5.09. The first-order valence-corrected chi connectivity index (χ1v) is 9.37. The minimum Gasteiger partial charge on any atom is -0.479 e. The Balaban J connectivity index is 1.81. The molecule has 1 heterocycles. The van der Waals surface area contributed by atoms with Gasteiger partial charge in [-0.15, -0.1) is 0 Å². The SMILES string of the molecule is CCc1ccc(N=C2S/C(=C/c3cccc(OCC#N)c3)C(=O)N2C)cc1. The average molecular weight is 377 g/mol. The van der Waals surface area contributed by atoms with Crippen molar-refractivity contribution in [2.45, 2.75) is 13.3 Å². The quantitative estimate of drug-likeness (QED) is 0.725. The van der Waals surface area contributed by atoms with E-state index in [1.165, 1.54) is 17.3 Å². The summed E-state index contributed by atoms with van der Waals surface area (Å²) >= 11 is 1.34. The molecule has 6 heteroatoms. The fraction of sp³-hybridized carbons (Fsp3) is 0.190. The number of amides is 1. The van der Waals surface area contributed by atoms with Gasteiger partial charge in [0, 0.05) is 7.05 Å². The monoisotopic (exact) mass is 377 g/mol. The van der Waals surface area contributed by atoms with Crippen molar-refractivity contribution in [2.75, 3.05) is 13.7 Å². The highest BCUT2D eigenvalue weighted by Crippen LogP contribution is 2.33. The van der Waals surface area contributed by atoms with E-state index in [4.69, 9.17) is 10.00 Å². The maximum atomic E-state index is 12.5. The normalized spacial score (nSPS) is 16.8. The summed E-state index contributed by atoms with van der Waals surface area (Å²) in [5, 5.41) is 9.26. The highest BCUT2D eigenvalue weighted by Gasteiger charge is 2.30. The number of amidine groups is 1. The number of aliphatic imine (C=N–C) groups is 1. The van der Waals surface area contributed by atoms with E-state index in [-0.39, 0.29) is 12.5 Å². The summed E-state index contributed by atoms with van der Waals surface area (Å²) in [5.74, 6) is 0.506. The van der Waals surface area contributed by atoms with Gasteiger partial charge in [0.1, 0.15) is 11.8 Å². The number of thioether (sulfide) groups is 1. The number of likely N-dealkylation sites (N-methyl/N-ethyl adjacent to an activating group) is 1. The van der Waals surface area contributed by atoms with Crippen molar-refractivity contribution in [1.82, 2.24) is 4.90 Å². The van der Waals surface area contributed by atoms with E-state index in [0.29, 0.717) is 15.8 Å². The molecule has 136 valence electrons. The molecule has 1 saturated heterocycles. The van der Waals surface area contributed by atoms with Crippen LogP contribution in [-0.2, 0) is 11.2 Å². The summed E-state index contributed by atoms with van der Waals surface area (Å²) in [4.78, 5) is 19.3. The molecular formula is C21H19N3O2S. The van der Waals surface area contributed by atoms with Gasteiger partial charge in [-0.25, -0.2) is 4.99 Å². The number of benzene rings is 2. The van der Waals surface area contributed by atoms with Crippen LogP contribution in [0.5, 0.6) is 5.75 Å². The first kappa shape index (κ1) is 18.7. The Morgan fingerprint density at radius 1 is 1.26 bits per heavy atom. The number of rotatable bonds is 5. The fourth-order valence-electron chi connectivity index (χ4n) is 2.53. The first-order valence-electron chi connectivity index (χ1n) is 8.55. The lowest BCUT2D eigenvalue weighted by atomic mass is 10.2. The van der Waals surface area contributed by atoms with Gasteiger partial charge in [-0.3, -0.25) is 9.69 Å². The predicted octanol–water partition coefficient (Wildman–Crippen LogP) is 4.39. The number of carbonyl (C=O) groups excluding carboxylic acids is 1. The topological polar surface area (TPSA) is 65.7 Å². The molecule has 0 aromatic heterocycles. The molecule has 0 aliphatic carbocycles. The van der Waals surface area contributed by atoms with Crippen LogP contribution >= 0.6 is 11.8 Å². The van der Waals surface area contributed by atoms with Gasteiger partial charge in [-0.1, -0.05) is 31.2 Å². The highest BCUT2D eigenvalue weighted by molar-refractivity contribution is 8.18. The molecule has 1 aliphatic rings. The van der Waals surface area contributed by atoms with Crippen molar-refractivity contribution in [3.05, 3.63) is 64.6 Å². The second kappa shape index (κ2) is 8.56. The Hall–Kier alpha value is -3.04. The molecule has 1 fully saturated rings. The fourth-order valence-corrected chi connectivity index (χ4v) is 3.52. The molecular weight excluding hydrogens is 358 g/mol. The number of nitrogens with zero attached hydrogens (tertiary/aromatic N) is 3. The van der Waals surface area contributed by atoms with Crippen LogP contribution in [0.25, 0.3) is 6.08 Å². The van der Waals surface area contributed by atoms with Crippen LogP contribution in [0.1, 0.15) is 18.1 Å². The Labute approximate surface area is 163 Å². The van der Waals surface area contributed by atoms with Crippen LogP contribution in [0.4, 0.5) is 5.69 Å². The van der Waals surface area contributed by atoms with Crippen molar-refractivity contribution in [1.29, 1.82) is 5.26 Å². The van der Waals surface area contributed by atoms with Gasteiger partial charge in [0.25, 0.3) is 5.91 Å². The minimum absolute atomic E-state index is 0.00985. The zero-order chi connectivity index (χ0) is 19.2. The van der Waals surface area contributed by atoms with Crippen LogP contribution in [0.3, 0.4) is 0 Å². The van der Waals surface area contributed by atoms with Gasteiger partial charge >= 0.3 is 0 Å². The summed E-state index contributed by atoms with van der Waals surface area (Å²) in [6.07, 6.45) is 2.79. The lowest BCUT2D eigenvalue weighted by molar-refractivity contribution is -0.121. The zero-order valence-corrected chi connectivity index (χ0v) is 16.0. The maximum absolute atomic E-state index is 12.5. The first-order chi connectivity index (χ1) is 13.1. The lowest BCUT2D eigenvalue weighted by Crippen LogP contribution is -2.23. The van der Waals surface area contributed by atoms with Crippen LogP contribution in [0.15, 0.2) is 58.4 Å². The van der Waals surface area contributed by atoms with Crippen molar-refractivity contribution >= 4 is 34.6 Å². The summed E-state index contributed by atoms with van der Waals surface area (Å²) in [7, 11) is 1.72. The van der Waals surface area contributed by atoms with Gasteiger partial charge < -0.3 is 4.74 Å². The molecule has 27 heavy (non-hydrogen) atoms. The number of hydrogen-bond donors (Lipinski definition) is 0. The smallest absolute Gasteiger partial charge is 0.266 e. The molecule has 0 unspecified atom stereocenters. The largest absolute Gasteiger partial charge is 0.479 e. The van der Waals surface area contributed by atoms with Gasteiger partial charge in [0.05, 0.1) is 10.6 Å². The standard InChI is InChI=1S/C21H19N3O2S/c1-3-15-7-9-17(10-8-15)23-21-24(2)20(25)19(27-21)14-16-5-4-6-18(13-16)26-12-11-22/h4-10,13-14H,3,12H2,1-2H3/b19-14+,23-21?. The lowest BCUT2D eigenvalue weighted by Gasteiger charge is -2.07. The van der Waals surface area contributed by atoms with Crippen molar-refractivity contribution in [3.63, 3.8) is 0 Å². The predicted molar refractivity (Wildman–Crippen MR) is 109 cm³/mol. The van der Waals surface area contributed by atoms with Gasteiger partial charge in [-0.05, 0) is 59.7 Å². The maximum Gasteiger partial charge on any atom is 0.266 e. The molecule has 5 nitrogen and oxygen atoms in total. The molecule has 0 atom stereocenters. The third kappa shape index (κ3) is 4.57. The summed E-state index contributed by atoms with van der Waals surface area (Å²) in [5.41, 5.74) is 2.91. The van der Waals surface area contributed by atoms with E-state index in [0.717, 1.165) is 17.7 Å². The van der Waals surface area contributed by atoms with Crippen LogP contribution < -0.4 is 4.74 Å². The number of carbonyl (C=O) groups is 1. The van der Waals surface area contributed by atoms with E-state index in [1.54, 1.807) is 24.1 Å². The molecule has 0 spiro atoms. The molecule has 3 rings (SSSR count). The molecule has 2 aromatic rings. The Morgan fingerprint density at radius 2 is 2.04 bits per heavy atom. The van der Waals surface area contributed by atoms with Gasteiger partial charge in [-0.2, -0.15) is 5.26 Å². The van der Waals surface area contributed by atoms with Crippen LogP contribution in [-0.4, -0.2) is 29.6 Å². The average Bonchev–Trinajstić information content (AvgIpc) is 2.95. The van der Waals surface area contributed by atoms with E-state index in [1.807, 2.05) is 48.5 Å². The molecule has 2 aromatic carbocycles. The van der Waals surface area contributed by atoms with Crippen molar-refractivity contribution in [2.24, 2.45) is 4.99 Å².